The third-order valence-corrected chi connectivity index (χ3v) is 4.88. The molecular formula is C18H24O3. The van der Waals surface area contributed by atoms with E-state index in [1.54, 1.807) is 0 Å². The minimum absolute atomic E-state index is 0.120. The zero-order valence-corrected chi connectivity index (χ0v) is 13.0. The molecule has 3 heteroatoms. The van der Waals surface area contributed by atoms with Crippen LogP contribution in [-0.2, 0) is 11.2 Å². The Labute approximate surface area is 126 Å². The molecule has 1 aromatic rings. The van der Waals surface area contributed by atoms with Gasteiger partial charge in [0.25, 0.3) is 0 Å². The van der Waals surface area contributed by atoms with E-state index < -0.39 is 5.60 Å². The second-order valence-electron chi connectivity index (χ2n) is 6.33. The van der Waals surface area contributed by atoms with Gasteiger partial charge >= 0.3 is 0 Å². The normalized spacial score (nSPS) is 28.0. The largest absolute Gasteiger partial charge is 0.492 e. The van der Waals surface area contributed by atoms with Gasteiger partial charge in [0.05, 0.1) is 12.2 Å². The fourth-order valence-electron chi connectivity index (χ4n) is 3.58. The number of ketones is 1. The van der Waals surface area contributed by atoms with Crippen LogP contribution in [0.4, 0.5) is 0 Å². The molecule has 3 nitrogen and oxygen atoms in total. The molecule has 1 saturated carbocycles. The molecule has 1 aliphatic heterocycles. The molecule has 0 N–H and O–H groups in total. The fraction of sp³-hybridized carbons (Fsp3) is 0.611. The lowest BCUT2D eigenvalue weighted by molar-refractivity contribution is -0.0475. The number of carbonyl (C=O) groups excluding carboxylic acids is 1. The lowest BCUT2D eigenvalue weighted by Gasteiger charge is -2.38. The van der Waals surface area contributed by atoms with Crippen LogP contribution < -0.4 is 4.74 Å². The van der Waals surface area contributed by atoms with Gasteiger partial charge in [-0.05, 0) is 50.2 Å². The topological polar surface area (TPSA) is 35.5 Å². The number of rotatable bonds is 4. The molecule has 114 valence electrons. The highest BCUT2D eigenvalue weighted by molar-refractivity contribution is 6.05. The zero-order chi connectivity index (χ0) is 14.9. The Balaban J connectivity index is 1.93. The first-order chi connectivity index (χ1) is 10.2. The van der Waals surface area contributed by atoms with E-state index in [1.165, 1.54) is 0 Å². The van der Waals surface area contributed by atoms with E-state index in [1.807, 2.05) is 19.1 Å². The number of carbonyl (C=O) groups is 1. The van der Waals surface area contributed by atoms with Crippen LogP contribution in [0, 0.1) is 5.92 Å². The molecule has 0 saturated heterocycles. The van der Waals surface area contributed by atoms with Crippen LogP contribution in [0.5, 0.6) is 5.75 Å². The molecule has 0 radical (unpaired) electrons. The molecule has 1 heterocycles. The van der Waals surface area contributed by atoms with Crippen molar-refractivity contribution in [3.05, 3.63) is 29.3 Å². The van der Waals surface area contributed by atoms with Crippen molar-refractivity contribution >= 4 is 5.78 Å². The lowest BCUT2D eigenvalue weighted by Crippen LogP contribution is -2.44. The smallest absolute Gasteiger partial charge is 0.198 e. The Morgan fingerprint density at radius 2 is 2.14 bits per heavy atom. The van der Waals surface area contributed by atoms with Crippen LogP contribution in [0.25, 0.3) is 0 Å². The van der Waals surface area contributed by atoms with E-state index in [-0.39, 0.29) is 5.78 Å². The Bertz CT molecular complexity index is 527. The van der Waals surface area contributed by atoms with Crippen molar-refractivity contribution in [2.45, 2.75) is 51.6 Å². The Morgan fingerprint density at radius 1 is 1.38 bits per heavy atom. The molecule has 1 aromatic carbocycles. The molecule has 0 bridgehead atoms. The van der Waals surface area contributed by atoms with Crippen LogP contribution >= 0.6 is 0 Å². The predicted octanol–water partition coefficient (Wildman–Crippen LogP) is 3.79. The van der Waals surface area contributed by atoms with Crippen LogP contribution in [0.3, 0.4) is 0 Å². The van der Waals surface area contributed by atoms with Crippen LogP contribution in [0.1, 0.15) is 55.5 Å². The number of para-hydroxylation sites is 1. The van der Waals surface area contributed by atoms with Gasteiger partial charge in [0.2, 0.25) is 0 Å². The zero-order valence-electron chi connectivity index (χ0n) is 13.0. The Hall–Kier alpha value is -1.35. The van der Waals surface area contributed by atoms with Gasteiger partial charge in [-0.1, -0.05) is 19.1 Å². The maximum Gasteiger partial charge on any atom is 0.198 e. The van der Waals surface area contributed by atoms with E-state index in [0.717, 1.165) is 43.4 Å². The molecule has 0 atom stereocenters. The fourth-order valence-corrected chi connectivity index (χ4v) is 3.58. The maximum absolute atomic E-state index is 13.2. The highest BCUT2D eigenvalue weighted by Crippen LogP contribution is 2.40. The number of Topliss-reactive ketones (excluding diaryl/α,β-unsaturated/α-hetero) is 1. The number of hydrogen-bond donors (Lipinski definition) is 0. The monoisotopic (exact) mass is 288 g/mol. The van der Waals surface area contributed by atoms with E-state index in [0.29, 0.717) is 24.7 Å². The number of ether oxygens (including phenoxy) is 2. The molecule has 0 amide bonds. The van der Waals surface area contributed by atoms with Gasteiger partial charge in [0, 0.05) is 13.0 Å². The lowest BCUT2D eigenvalue weighted by atomic mass is 9.75. The first kappa shape index (κ1) is 14.6. The van der Waals surface area contributed by atoms with Crippen LogP contribution in [-0.4, -0.2) is 24.6 Å². The Kier molecular flexibility index (Phi) is 4.03. The molecular weight excluding hydrogens is 264 g/mol. The predicted molar refractivity (Wildman–Crippen MR) is 82.0 cm³/mol. The van der Waals surface area contributed by atoms with Crippen LogP contribution in [0.15, 0.2) is 18.2 Å². The molecule has 0 unspecified atom stereocenters. The quantitative estimate of drug-likeness (QED) is 0.791. The molecule has 0 aromatic heterocycles. The third-order valence-electron chi connectivity index (χ3n) is 4.88. The van der Waals surface area contributed by atoms with E-state index in [4.69, 9.17) is 9.47 Å². The highest BCUT2D eigenvalue weighted by Gasteiger charge is 2.43. The second kappa shape index (κ2) is 5.80. The van der Waals surface area contributed by atoms with Gasteiger partial charge in [-0.3, -0.25) is 4.79 Å². The van der Waals surface area contributed by atoms with Crippen molar-refractivity contribution in [1.82, 2.24) is 0 Å². The average Bonchev–Trinajstić information content (AvgIpc) is 2.98. The summed E-state index contributed by atoms with van der Waals surface area (Å²) in [5.74, 6) is 1.60. The summed E-state index contributed by atoms with van der Waals surface area (Å²) in [6, 6.07) is 5.91. The molecule has 1 aliphatic carbocycles. The van der Waals surface area contributed by atoms with E-state index >= 15 is 0 Å². The van der Waals surface area contributed by atoms with E-state index in [2.05, 4.69) is 13.0 Å². The third kappa shape index (κ3) is 2.59. The minimum Gasteiger partial charge on any atom is -0.492 e. The summed E-state index contributed by atoms with van der Waals surface area (Å²) in [4.78, 5) is 13.2. The standard InChI is InChI=1S/C18H24O3/c1-3-21-18(10-7-13(2)8-11-18)17(19)15-6-4-5-14-9-12-20-16(14)15/h4-6,13H,3,7-12H2,1-2H3. The van der Waals surface area contributed by atoms with Gasteiger partial charge < -0.3 is 9.47 Å². The highest BCUT2D eigenvalue weighted by atomic mass is 16.5. The van der Waals surface area contributed by atoms with Crippen molar-refractivity contribution in [2.75, 3.05) is 13.2 Å². The van der Waals surface area contributed by atoms with Gasteiger partial charge in [0.15, 0.2) is 5.78 Å². The van der Waals surface area contributed by atoms with Gasteiger partial charge in [-0.25, -0.2) is 0 Å². The van der Waals surface area contributed by atoms with Gasteiger partial charge in [0.1, 0.15) is 11.4 Å². The summed E-state index contributed by atoms with van der Waals surface area (Å²) >= 11 is 0. The number of fused-ring (bicyclic) bond motifs is 1. The first-order valence-electron chi connectivity index (χ1n) is 8.10. The Morgan fingerprint density at radius 3 is 2.86 bits per heavy atom. The van der Waals surface area contributed by atoms with Crippen LogP contribution in [0.2, 0.25) is 0 Å². The summed E-state index contributed by atoms with van der Waals surface area (Å²) < 4.78 is 11.7. The summed E-state index contributed by atoms with van der Waals surface area (Å²) in [6.07, 6.45) is 4.66. The summed E-state index contributed by atoms with van der Waals surface area (Å²) in [5, 5.41) is 0. The summed E-state index contributed by atoms with van der Waals surface area (Å²) in [6.45, 7) is 5.48. The van der Waals surface area contributed by atoms with E-state index in [9.17, 15) is 4.79 Å². The van der Waals surface area contributed by atoms with Crippen molar-refractivity contribution in [3.8, 4) is 5.75 Å². The molecule has 21 heavy (non-hydrogen) atoms. The van der Waals surface area contributed by atoms with Crippen molar-refractivity contribution < 1.29 is 14.3 Å². The van der Waals surface area contributed by atoms with Crippen molar-refractivity contribution in [3.63, 3.8) is 0 Å². The van der Waals surface area contributed by atoms with Gasteiger partial charge in [-0.2, -0.15) is 0 Å². The number of hydrogen-bond acceptors (Lipinski definition) is 3. The summed E-state index contributed by atoms with van der Waals surface area (Å²) in [7, 11) is 0. The van der Waals surface area contributed by atoms with Crippen molar-refractivity contribution in [1.29, 1.82) is 0 Å². The van der Waals surface area contributed by atoms with Crippen molar-refractivity contribution in [2.24, 2.45) is 5.92 Å². The second-order valence-corrected chi connectivity index (χ2v) is 6.33. The SMILES string of the molecule is CCOC1(C(=O)c2cccc3c2OCC3)CCC(C)CC1. The maximum atomic E-state index is 13.2. The molecule has 1 fully saturated rings. The molecule has 0 spiro atoms. The van der Waals surface area contributed by atoms with Gasteiger partial charge in [-0.15, -0.1) is 0 Å². The minimum atomic E-state index is -0.637. The molecule has 3 rings (SSSR count). The average molecular weight is 288 g/mol. The first-order valence-corrected chi connectivity index (χ1v) is 8.10. The number of benzene rings is 1. The summed E-state index contributed by atoms with van der Waals surface area (Å²) in [5.41, 5.74) is 1.23. The molecule has 2 aliphatic rings.